The Hall–Kier alpha value is -8.73. The number of benzene rings is 3. The van der Waals surface area contributed by atoms with E-state index in [1.165, 1.54) is 21.1 Å². The summed E-state index contributed by atoms with van der Waals surface area (Å²) in [5.74, 6) is -4.26. The number of aryl methyl sites for hydroxylation is 1. The van der Waals surface area contributed by atoms with Crippen LogP contribution < -0.4 is 25.6 Å². The molecule has 4 unspecified atom stereocenters. The predicted octanol–water partition coefficient (Wildman–Crippen LogP) is 5.50. The van der Waals surface area contributed by atoms with E-state index >= 15 is 0 Å². The number of likely N-dealkylation sites (tertiary alicyclic amines) is 1. The van der Waals surface area contributed by atoms with E-state index in [1.807, 2.05) is 59.0 Å². The molecular weight excluding hydrogens is 1390 g/mol. The molecule has 104 heavy (non-hydrogen) atoms. The van der Waals surface area contributed by atoms with Crippen LogP contribution in [0.4, 0.5) is 15.7 Å². The second-order valence-electron chi connectivity index (χ2n) is 28.8. The second kappa shape index (κ2) is 31.1. The highest BCUT2D eigenvalue weighted by molar-refractivity contribution is 7.85. The number of aliphatic hydroxyl groups excluding tert-OH is 3. The van der Waals surface area contributed by atoms with Gasteiger partial charge in [0, 0.05) is 74.1 Å². The summed E-state index contributed by atoms with van der Waals surface area (Å²) in [7, 11) is -2.72. The number of para-hydroxylation sites is 1. The van der Waals surface area contributed by atoms with E-state index in [4.69, 9.17) is 38.3 Å². The molecule has 30 nitrogen and oxygen atoms in total. The number of rotatable bonds is 30. The average Bonchev–Trinajstić information content (AvgIpc) is 0.863. The van der Waals surface area contributed by atoms with E-state index in [0.29, 0.717) is 84.4 Å². The lowest BCUT2D eigenvalue weighted by molar-refractivity contribution is -0.271. The molecule has 4 saturated carbocycles. The number of carboxylic acid groups (broad SMARTS) is 2. The van der Waals surface area contributed by atoms with Gasteiger partial charge in [-0.1, -0.05) is 61.6 Å². The highest BCUT2D eigenvalue weighted by Gasteiger charge is 2.63. The number of carbonyl (C=O) groups is 7. The van der Waals surface area contributed by atoms with Crippen LogP contribution in [0.25, 0.3) is 21.3 Å². The van der Waals surface area contributed by atoms with Gasteiger partial charge < -0.3 is 74.6 Å². The van der Waals surface area contributed by atoms with Crippen molar-refractivity contribution in [2.45, 2.75) is 166 Å². The first kappa shape index (κ1) is 75.0. The minimum atomic E-state index is -4.30. The fourth-order valence-electron chi connectivity index (χ4n) is 16.6. The number of unbranched alkanes of at least 4 members (excludes halogenated alkanes) is 1. The van der Waals surface area contributed by atoms with Crippen molar-refractivity contribution in [3.8, 4) is 16.9 Å². The molecule has 7 aliphatic rings. The van der Waals surface area contributed by atoms with Gasteiger partial charge in [-0.2, -0.15) is 13.5 Å². The lowest BCUT2D eigenvalue weighted by atomic mass is 9.43. The van der Waals surface area contributed by atoms with Crippen LogP contribution in [0.2, 0.25) is 0 Å². The SMILES string of the molecule is CCC(=O)N[C@H]1C[C@@H](COCCS(=O)(=O)O)N(CC(=O)NCCCCc2ccc(COC(=O)N(C)CCOC34CC5CC(C)(CC(Cn6ncc(-c7ccc(N8CCc9cccc(C(=O)Nc%10nc%11ccccc%11s%10)c9C8)nc7C(=O)O)c6C)(C5)C3)C4)c(O[C@@H]3O[C@H](C(=O)O)[C@@H](O)[C@H](O)[C@H]3O)c2)C1=O. The molecule has 3 aromatic carbocycles. The fourth-order valence-corrected chi connectivity index (χ4v) is 17.8. The van der Waals surface area contributed by atoms with Gasteiger partial charge in [0.1, 0.15) is 42.5 Å². The van der Waals surface area contributed by atoms with Gasteiger partial charge in [0.25, 0.3) is 16.0 Å². The van der Waals surface area contributed by atoms with E-state index in [0.717, 1.165) is 65.6 Å². The first-order chi connectivity index (χ1) is 49.6. The molecule has 3 aliphatic heterocycles. The zero-order valence-corrected chi connectivity index (χ0v) is 59.9. The molecule has 11 atom stereocenters. The van der Waals surface area contributed by atoms with E-state index in [1.54, 1.807) is 50.5 Å². The van der Waals surface area contributed by atoms with Crippen molar-refractivity contribution >= 4 is 84.3 Å². The average molecular weight is 1480 g/mol. The normalized spacial score (nSPS) is 25.6. The Labute approximate surface area is 604 Å². The summed E-state index contributed by atoms with van der Waals surface area (Å²) in [6, 6.07) is 20.3. The van der Waals surface area contributed by atoms with Gasteiger partial charge in [0.15, 0.2) is 16.9 Å². The van der Waals surface area contributed by atoms with Gasteiger partial charge in [-0.15, -0.1) is 0 Å². The first-order valence-electron chi connectivity index (χ1n) is 35.0. The summed E-state index contributed by atoms with van der Waals surface area (Å²) in [6.45, 7) is 6.69. The topological polar surface area (TPSA) is 411 Å². The molecule has 6 aromatic rings. The molecule has 13 rings (SSSR count). The van der Waals surface area contributed by atoms with Gasteiger partial charge in [-0.3, -0.25) is 33.7 Å². The van der Waals surface area contributed by atoms with Gasteiger partial charge >= 0.3 is 18.0 Å². The van der Waals surface area contributed by atoms with Crippen molar-refractivity contribution in [2.75, 3.05) is 69.0 Å². The number of hydrogen-bond donors (Lipinski definition) is 9. The molecule has 0 spiro atoms. The third kappa shape index (κ3) is 17.0. The molecule has 6 heterocycles. The number of carboxylic acids is 2. The number of ether oxygens (including phenoxy) is 5. The van der Waals surface area contributed by atoms with Crippen molar-refractivity contribution < 1.29 is 95.7 Å². The van der Waals surface area contributed by atoms with Crippen molar-refractivity contribution in [3.05, 3.63) is 118 Å². The van der Waals surface area contributed by atoms with E-state index in [9.17, 15) is 67.5 Å². The van der Waals surface area contributed by atoms with Crippen LogP contribution in [0, 0.1) is 23.7 Å². The standard InChI is InChI=1S/C72H88N10O20S2/c1-5-56(83)75-52-28-46(36-98-25-26-104(95,96)97)81(64(52)89)34-57(84)73-21-9-8-11-42-16-17-45(53(27-42)101-67-61(87)59(85)60(86)62(102-67)66(92)93)35-99-69(94)79(4)23-24-100-72-31-43-29-70(3,38-72)37-71(30-43,39-72)40-82-41(2)49(32-74-82)47-18-19-55(77-58(47)65(90)91)80-22-20-44-12-10-13-48(50(44)33-80)63(88)78-68-76-51-14-6-7-15-54(51)103-68/h6-7,10,12-19,27,32,43,46,52,59-62,67,85-87H,5,8-9,11,20-26,28-31,33-40H2,1-4H3,(H,73,84)(H,75,83)(H,90,91)(H,92,93)(H,76,78,88)(H,95,96,97)/t43?,46-,52-,59-,60-,61+,62-,67+,70?,71?,72?/m0/s1. The van der Waals surface area contributed by atoms with Crippen LogP contribution in [-0.4, -0.2) is 217 Å². The number of pyridine rings is 1. The number of aliphatic carboxylic acids is 1. The molecule has 4 aliphatic carbocycles. The second-order valence-corrected chi connectivity index (χ2v) is 31.4. The monoisotopic (exact) mass is 1480 g/mol. The largest absolute Gasteiger partial charge is 0.479 e. The Kier molecular flexibility index (Phi) is 22.5. The molecule has 558 valence electrons. The Bertz CT molecular complexity index is 4330. The number of nitrogens with one attached hydrogen (secondary N) is 3. The lowest BCUT2D eigenvalue weighted by Gasteiger charge is -2.65. The molecule has 4 bridgehead atoms. The Morgan fingerprint density at radius 3 is 2.46 bits per heavy atom. The van der Waals surface area contributed by atoms with Crippen LogP contribution in [0.15, 0.2) is 79.0 Å². The van der Waals surface area contributed by atoms with E-state index in [2.05, 4.69) is 27.9 Å². The van der Waals surface area contributed by atoms with Crippen LogP contribution in [0.1, 0.15) is 127 Å². The summed E-state index contributed by atoms with van der Waals surface area (Å²) < 4.78 is 64.1. The first-order valence-corrected chi connectivity index (χ1v) is 37.4. The summed E-state index contributed by atoms with van der Waals surface area (Å²) in [6.07, 6.45) is -0.988. The molecule has 2 saturated heterocycles. The zero-order valence-electron chi connectivity index (χ0n) is 58.2. The Morgan fingerprint density at radius 2 is 1.70 bits per heavy atom. The Balaban J connectivity index is 0.654. The molecular formula is C72H88N10O20S2. The number of anilines is 2. The fraction of sp³-hybridized carbons (Fsp3) is 0.528. The Morgan fingerprint density at radius 1 is 0.894 bits per heavy atom. The van der Waals surface area contributed by atoms with Gasteiger partial charge in [-0.05, 0) is 147 Å². The summed E-state index contributed by atoms with van der Waals surface area (Å²) >= 11 is 1.40. The number of nitrogens with zero attached hydrogens (tertiary/aromatic N) is 7. The van der Waals surface area contributed by atoms with Crippen LogP contribution in [0.3, 0.4) is 0 Å². The summed E-state index contributed by atoms with van der Waals surface area (Å²) in [5.41, 5.74) is 5.22. The van der Waals surface area contributed by atoms with Crippen LogP contribution in [0.5, 0.6) is 5.75 Å². The molecule has 6 fully saturated rings. The third-order valence-electron chi connectivity index (χ3n) is 20.9. The highest BCUT2D eigenvalue weighted by atomic mass is 32.2. The minimum absolute atomic E-state index is 0.00969. The number of likely N-dealkylation sites (N-methyl/N-ethyl adjacent to an activating group) is 1. The number of aromatic carboxylic acids is 1. The number of carbonyl (C=O) groups excluding carboxylic acids is 5. The maximum absolute atomic E-state index is 13.8. The smallest absolute Gasteiger partial charge is 0.409 e. The molecule has 0 radical (unpaired) electrons. The van der Waals surface area contributed by atoms with Gasteiger partial charge in [0.05, 0.1) is 60.2 Å². The lowest BCUT2D eigenvalue weighted by Crippen LogP contribution is -2.61. The van der Waals surface area contributed by atoms with Crippen molar-refractivity contribution in [1.82, 2.24) is 40.2 Å². The number of aliphatic hydroxyl groups is 3. The number of thiazole rings is 1. The number of aromatic nitrogens is 4. The van der Waals surface area contributed by atoms with Gasteiger partial charge in [-0.25, -0.2) is 24.4 Å². The zero-order chi connectivity index (χ0) is 74.0. The van der Waals surface area contributed by atoms with Crippen molar-refractivity contribution in [1.29, 1.82) is 0 Å². The van der Waals surface area contributed by atoms with Crippen LogP contribution in [-0.2, 0) is 80.8 Å². The third-order valence-corrected chi connectivity index (χ3v) is 22.6. The summed E-state index contributed by atoms with van der Waals surface area (Å²) in [5, 5.41) is 66.3. The van der Waals surface area contributed by atoms with Gasteiger partial charge in [0.2, 0.25) is 24.0 Å². The summed E-state index contributed by atoms with van der Waals surface area (Å²) in [4.78, 5) is 106. The van der Waals surface area contributed by atoms with E-state index in [-0.39, 0.29) is 98.6 Å². The van der Waals surface area contributed by atoms with Crippen LogP contribution >= 0.6 is 11.3 Å². The predicted molar refractivity (Wildman–Crippen MR) is 376 cm³/mol. The molecule has 9 N–H and O–H groups in total. The van der Waals surface area contributed by atoms with Crippen molar-refractivity contribution in [3.63, 3.8) is 0 Å². The van der Waals surface area contributed by atoms with E-state index < -0.39 is 94.1 Å². The molecule has 5 amide bonds. The number of fused-ring (bicyclic) bond motifs is 2. The minimum Gasteiger partial charge on any atom is -0.479 e. The maximum atomic E-state index is 13.8. The molecule has 32 heteroatoms. The van der Waals surface area contributed by atoms with Crippen molar-refractivity contribution in [2.24, 2.45) is 16.7 Å². The highest BCUT2D eigenvalue weighted by Crippen LogP contribution is 2.68. The number of hydrogen-bond acceptors (Lipinski definition) is 22. The quantitative estimate of drug-likeness (QED) is 0.0198. The number of amides is 5. The molecule has 3 aromatic heterocycles. The maximum Gasteiger partial charge on any atom is 0.409 e.